The molecule has 5 aromatic rings. The molecule has 0 fully saturated rings. The molecule has 0 aliphatic carbocycles. The van der Waals surface area contributed by atoms with Gasteiger partial charge in [-0.1, -0.05) is 110 Å². The molecule has 0 radical (unpaired) electrons. The third-order valence-electron chi connectivity index (χ3n) is 7.32. The number of anilines is 3. The number of benzene rings is 5. The summed E-state index contributed by atoms with van der Waals surface area (Å²) in [6.45, 7) is 0. The average molecular weight is 562 g/mol. The largest absolute Gasteiger partial charge is 0.325 e. The fourth-order valence-electron chi connectivity index (χ4n) is 5.13. The van der Waals surface area contributed by atoms with E-state index in [1.807, 2.05) is 12.1 Å². The molecule has 0 heterocycles. The van der Waals surface area contributed by atoms with Crippen molar-refractivity contribution < 1.29 is 14.4 Å². The van der Waals surface area contributed by atoms with E-state index < -0.39 is 7.60 Å². The maximum absolute atomic E-state index is 11.0. The Labute approximate surface area is 243 Å². The fraction of sp³-hybridized carbons (Fsp3) is 0.167. The van der Waals surface area contributed by atoms with Gasteiger partial charge in [-0.25, -0.2) is 0 Å². The van der Waals surface area contributed by atoms with Gasteiger partial charge in [0, 0.05) is 23.2 Å². The van der Waals surface area contributed by atoms with E-state index in [4.69, 9.17) is 9.79 Å². The van der Waals surface area contributed by atoms with Crippen molar-refractivity contribution in [3.05, 3.63) is 139 Å². The lowest BCUT2D eigenvalue weighted by Gasteiger charge is -2.26. The molecule has 4 nitrogen and oxygen atoms in total. The van der Waals surface area contributed by atoms with E-state index in [1.54, 1.807) is 0 Å². The molecule has 0 aliphatic heterocycles. The average Bonchev–Trinajstić information content (AvgIpc) is 3.01. The summed E-state index contributed by atoms with van der Waals surface area (Å²) in [5.74, 6) is 0. The van der Waals surface area contributed by atoms with Crippen LogP contribution in [-0.4, -0.2) is 15.9 Å². The monoisotopic (exact) mass is 561 g/mol. The van der Waals surface area contributed by atoms with E-state index in [-0.39, 0.29) is 6.16 Å². The number of nitrogens with zero attached hydrogens (tertiary/aromatic N) is 1. The second-order valence-corrected chi connectivity index (χ2v) is 12.2. The van der Waals surface area contributed by atoms with Gasteiger partial charge in [0.15, 0.2) is 0 Å². The number of hydrogen-bond donors (Lipinski definition) is 2. The molecule has 208 valence electrons. The molecule has 0 unspecified atom stereocenters. The van der Waals surface area contributed by atoms with E-state index in [9.17, 15) is 4.57 Å². The van der Waals surface area contributed by atoms with E-state index in [2.05, 4.69) is 126 Å². The molecule has 0 atom stereocenters. The molecular formula is C36H36NO3P. The number of aryl methyl sites for hydroxylation is 1. The van der Waals surface area contributed by atoms with Crippen molar-refractivity contribution in [2.45, 2.75) is 32.1 Å². The first-order valence-corrected chi connectivity index (χ1v) is 16.0. The smallest absolute Gasteiger partial charge is 0.324 e. The quantitative estimate of drug-likeness (QED) is 0.118. The molecule has 5 aromatic carbocycles. The molecule has 5 rings (SSSR count). The van der Waals surface area contributed by atoms with Crippen LogP contribution in [0.2, 0.25) is 0 Å². The first-order chi connectivity index (χ1) is 20.0. The predicted molar refractivity (Wildman–Crippen MR) is 171 cm³/mol. The van der Waals surface area contributed by atoms with Gasteiger partial charge >= 0.3 is 7.60 Å². The fourth-order valence-corrected chi connectivity index (χ4v) is 5.76. The van der Waals surface area contributed by atoms with E-state index in [1.165, 1.54) is 27.8 Å². The first kappa shape index (κ1) is 28.6. The van der Waals surface area contributed by atoms with Crippen LogP contribution < -0.4 is 4.90 Å². The van der Waals surface area contributed by atoms with Crippen molar-refractivity contribution in [1.82, 2.24) is 0 Å². The third-order valence-corrected chi connectivity index (χ3v) is 8.22. The summed E-state index contributed by atoms with van der Waals surface area (Å²) < 4.78 is 11.0. The van der Waals surface area contributed by atoms with Crippen LogP contribution in [0.3, 0.4) is 0 Å². The van der Waals surface area contributed by atoms with E-state index in [0.29, 0.717) is 6.42 Å². The van der Waals surface area contributed by atoms with Gasteiger partial charge in [0.05, 0.1) is 0 Å². The van der Waals surface area contributed by atoms with Crippen molar-refractivity contribution in [2.24, 2.45) is 0 Å². The summed E-state index contributed by atoms with van der Waals surface area (Å²) in [4.78, 5) is 20.3. The standard InChI is InChI=1S/C36H36NO3P/c38-41(39,40)28-10-2-1-5-11-29-16-22-34(23-17-29)37(35-24-18-32(19-25-35)30-12-6-3-7-13-30)36-26-20-33(21-27-36)31-14-8-4-9-15-31/h3-4,6-9,12-27H,1-2,5,10-11,28H2,(H2,38,39,40). The van der Waals surface area contributed by atoms with Gasteiger partial charge in [-0.2, -0.15) is 0 Å². The zero-order valence-corrected chi connectivity index (χ0v) is 24.0. The van der Waals surface area contributed by atoms with Gasteiger partial charge in [0.1, 0.15) is 0 Å². The van der Waals surface area contributed by atoms with Crippen molar-refractivity contribution in [3.63, 3.8) is 0 Å². The molecule has 0 bridgehead atoms. The lowest BCUT2D eigenvalue weighted by molar-refractivity contribution is 0.370. The first-order valence-electron chi connectivity index (χ1n) is 14.2. The van der Waals surface area contributed by atoms with Crippen LogP contribution in [0, 0.1) is 0 Å². The Morgan fingerprint density at radius 2 is 0.854 bits per heavy atom. The summed E-state index contributed by atoms with van der Waals surface area (Å²) in [6, 6.07) is 47.0. The van der Waals surface area contributed by atoms with Crippen LogP contribution in [0.4, 0.5) is 17.1 Å². The topological polar surface area (TPSA) is 60.8 Å². The van der Waals surface area contributed by atoms with Crippen LogP contribution in [0.15, 0.2) is 133 Å². The van der Waals surface area contributed by atoms with Crippen LogP contribution >= 0.6 is 7.60 Å². The lowest BCUT2D eigenvalue weighted by Crippen LogP contribution is -2.10. The van der Waals surface area contributed by atoms with Gasteiger partial charge in [-0.15, -0.1) is 0 Å². The minimum Gasteiger partial charge on any atom is -0.324 e. The Balaban J connectivity index is 1.35. The van der Waals surface area contributed by atoms with Crippen molar-refractivity contribution >= 4 is 24.7 Å². The van der Waals surface area contributed by atoms with Gasteiger partial charge in [0.25, 0.3) is 0 Å². The summed E-state index contributed by atoms with van der Waals surface area (Å²) >= 11 is 0. The van der Waals surface area contributed by atoms with Gasteiger partial charge < -0.3 is 14.7 Å². The molecule has 0 aromatic heterocycles. The lowest BCUT2D eigenvalue weighted by atomic mass is 10.0. The Morgan fingerprint density at radius 3 is 1.29 bits per heavy atom. The van der Waals surface area contributed by atoms with E-state index >= 15 is 0 Å². The van der Waals surface area contributed by atoms with Gasteiger partial charge in [0.2, 0.25) is 0 Å². The molecule has 0 aliphatic rings. The summed E-state index contributed by atoms with van der Waals surface area (Å²) in [5.41, 5.74) is 9.31. The van der Waals surface area contributed by atoms with Gasteiger partial charge in [-0.05, 0) is 83.5 Å². The van der Waals surface area contributed by atoms with Crippen LogP contribution in [-0.2, 0) is 11.0 Å². The van der Waals surface area contributed by atoms with Crippen LogP contribution in [0.1, 0.15) is 31.2 Å². The molecule has 41 heavy (non-hydrogen) atoms. The molecular weight excluding hydrogens is 525 g/mol. The van der Waals surface area contributed by atoms with Crippen molar-refractivity contribution in [1.29, 1.82) is 0 Å². The predicted octanol–water partition coefficient (Wildman–Crippen LogP) is 9.77. The maximum atomic E-state index is 11.0. The van der Waals surface area contributed by atoms with Gasteiger partial charge in [-0.3, -0.25) is 4.57 Å². The highest BCUT2D eigenvalue weighted by Gasteiger charge is 2.14. The second-order valence-electron chi connectivity index (χ2n) is 10.4. The molecule has 0 spiro atoms. The van der Waals surface area contributed by atoms with Crippen molar-refractivity contribution in [3.8, 4) is 22.3 Å². The third kappa shape index (κ3) is 8.05. The molecule has 0 saturated carbocycles. The summed E-state index contributed by atoms with van der Waals surface area (Å²) in [7, 11) is -3.88. The molecule has 2 N–H and O–H groups in total. The normalized spacial score (nSPS) is 11.4. The zero-order chi connectivity index (χ0) is 28.5. The highest BCUT2D eigenvalue weighted by atomic mass is 31.2. The highest BCUT2D eigenvalue weighted by Crippen LogP contribution is 2.37. The Morgan fingerprint density at radius 1 is 0.463 bits per heavy atom. The summed E-state index contributed by atoms with van der Waals surface area (Å²) in [5, 5.41) is 0. The van der Waals surface area contributed by atoms with Crippen LogP contribution in [0.25, 0.3) is 22.3 Å². The Kier molecular flexibility index (Phi) is 9.48. The van der Waals surface area contributed by atoms with Crippen molar-refractivity contribution in [2.75, 3.05) is 11.1 Å². The molecule has 5 heteroatoms. The van der Waals surface area contributed by atoms with Crippen LogP contribution in [0.5, 0.6) is 0 Å². The molecule has 0 saturated heterocycles. The Hall–Kier alpha value is -3.95. The number of rotatable bonds is 12. The summed E-state index contributed by atoms with van der Waals surface area (Å²) in [6.07, 6.45) is 4.32. The maximum Gasteiger partial charge on any atom is 0.325 e. The number of unbranched alkanes of at least 4 members (excludes halogenated alkanes) is 3. The van der Waals surface area contributed by atoms with E-state index in [0.717, 1.165) is 42.7 Å². The zero-order valence-electron chi connectivity index (χ0n) is 23.1. The molecule has 0 amide bonds. The Bertz CT molecular complexity index is 1460. The number of hydrogen-bond acceptors (Lipinski definition) is 2. The SMILES string of the molecule is O=P(O)(O)CCCCCCc1ccc(N(c2ccc(-c3ccccc3)cc2)c2ccc(-c3ccccc3)cc2)cc1. The minimum absolute atomic E-state index is 0.0177. The minimum atomic E-state index is -3.88. The highest BCUT2D eigenvalue weighted by molar-refractivity contribution is 7.51. The second kappa shape index (κ2) is 13.6.